The summed E-state index contributed by atoms with van der Waals surface area (Å²) in [4.78, 5) is 28.6. The molecule has 2 amide bonds. The lowest BCUT2D eigenvalue weighted by atomic mass is 10.1. The maximum absolute atomic E-state index is 11.9. The van der Waals surface area contributed by atoms with E-state index >= 15 is 0 Å². The first-order chi connectivity index (χ1) is 8.15. The Balaban J connectivity index is 2.34. The molecule has 2 aliphatic rings. The number of hydrogen-bond acceptors (Lipinski definition) is 5. The molecule has 0 aromatic heterocycles. The highest BCUT2D eigenvalue weighted by Gasteiger charge is 2.38. The quantitative estimate of drug-likeness (QED) is 0.389. The Morgan fingerprint density at radius 3 is 3.12 bits per heavy atom. The summed E-state index contributed by atoms with van der Waals surface area (Å²) < 4.78 is 4.77. The van der Waals surface area contributed by atoms with E-state index in [1.807, 2.05) is 0 Å². The summed E-state index contributed by atoms with van der Waals surface area (Å²) in [5.74, 6) is -1.96. The van der Waals surface area contributed by atoms with Crippen molar-refractivity contribution in [3.63, 3.8) is 0 Å². The molecule has 0 bridgehead atoms. The third kappa shape index (κ3) is 1.86. The van der Waals surface area contributed by atoms with Gasteiger partial charge in [-0.2, -0.15) is 0 Å². The van der Waals surface area contributed by atoms with Gasteiger partial charge in [0.05, 0.1) is 6.61 Å². The van der Waals surface area contributed by atoms with Gasteiger partial charge < -0.3 is 15.2 Å². The SMILES string of the molecule is CCOC(O)=C1C(=O)N[C@H]2C=NC=CN2C1=O. The molecule has 0 aliphatic carbocycles. The van der Waals surface area contributed by atoms with Gasteiger partial charge in [0.15, 0.2) is 5.57 Å². The number of carbonyl (C=O) groups excluding carboxylic acids is 2. The maximum Gasteiger partial charge on any atom is 0.295 e. The van der Waals surface area contributed by atoms with Gasteiger partial charge in [0.25, 0.3) is 17.8 Å². The summed E-state index contributed by atoms with van der Waals surface area (Å²) >= 11 is 0. The topological polar surface area (TPSA) is 91.2 Å². The molecule has 0 aromatic rings. The van der Waals surface area contributed by atoms with Crippen molar-refractivity contribution in [2.24, 2.45) is 4.99 Å². The van der Waals surface area contributed by atoms with Crippen molar-refractivity contribution in [3.8, 4) is 0 Å². The molecule has 17 heavy (non-hydrogen) atoms. The second-order valence-electron chi connectivity index (χ2n) is 3.34. The molecule has 0 unspecified atom stereocenters. The molecular formula is C10H11N3O4. The Kier molecular flexibility index (Phi) is 2.82. The fourth-order valence-corrected chi connectivity index (χ4v) is 1.54. The lowest BCUT2D eigenvalue weighted by molar-refractivity contribution is -0.135. The second-order valence-corrected chi connectivity index (χ2v) is 3.34. The van der Waals surface area contributed by atoms with Gasteiger partial charge in [-0.25, -0.2) is 0 Å². The van der Waals surface area contributed by atoms with Crippen molar-refractivity contribution in [3.05, 3.63) is 23.9 Å². The van der Waals surface area contributed by atoms with Gasteiger partial charge in [-0.3, -0.25) is 19.5 Å². The van der Waals surface area contributed by atoms with Crippen LogP contribution in [-0.2, 0) is 14.3 Å². The lowest BCUT2D eigenvalue weighted by Crippen LogP contribution is -2.57. The zero-order valence-corrected chi connectivity index (χ0v) is 9.08. The molecule has 0 saturated carbocycles. The Hall–Kier alpha value is -2.31. The molecule has 7 heteroatoms. The first kappa shape index (κ1) is 11.2. The second kappa shape index (κ2) is 4.28. The van der Waals surface area contributed by atoms with Crippen LogP contribution in [0, 0.1) is 0 Å². The van der Waals surface area contributed by atoms with Gasteiger partial charge in [0.1, 0.15) is 6.17 Å². The van der Waals surface area contributed by atoms with Crippen LogP contribution in [0.25, 0.3) is 0 Å². The third-order valence-electron chi connectivity index (χ3n) is 2.29. The van der Waals surface area contributed by atoms with E-state index < -0.39 is 29.5 Å². The van der Waals surface area contributed by atoms with Gasteiger partial charge in [-0.1, -0.05) is 0 Å². The molecule has 1 fully saturated rings. The Bertz CT molecular complexity index is 452. The van der Waals surface area contributed by atoms with Crippen LogP contribution < -0.4 is 5.32 Å². The summed E-state index contributed by atoms with van der Waals surface area (Å²) in [5.41, 5.74) is -0.400. The first-order valence-electron chi connectivity index (χ1n) is 5.04. The van der Waals surface area contributed by atoms with Crippen LogP contribution in [-0.4, -0.2) is 40.8 Å². The number of ether oxygens (including phenoxy) is 1. The Morgan fingerprint density at radius 1 is 1.65 bits per heavy atom. The number of nitrogens with zero attached hydrogens (tertiary/aromatic N) is 2. The molecule has 2 rings (SSSR count). The normalized spacial score (nSPS) is 25.5. The predicted octanol–water partition coefficient (Wildman–Crippen LogP) is -0.367. The van der Waals surface area contributed by atoms with Gasteiger partial charge in [0, 0.05) is 18.6 Å². The lowest BCUT2D eigenvalue weighted by Gasteiger charge is -2.33. The number of fused-ring (bicyclic) bond motifs is 1. The van der Waals surface area contributed by atoms with Crippen LogP contribution in [0.4, 0.5) is 0 Å². The van der Waals surface area contributed by atoms with Crippen LogP contribution >= 0.6 is 0 Å². The molecule has 0 radical (unpaired) electrons. The summed E-state index contributed by atoms with van der Waals surface area (Å²) in [6, 6.07) is 0. The number of nitrogens with one attached hydrogen (secondary N) is 1. The van der Waals surface area contributed by atoms with Crippen molar-refractivity contribution >= 4 is 18.0 Å². The average Bonchev–Trinajstić information content (AvgIpc) is 2.29. The summed E-state index contributed by atoms with van der Waals surface area (Å²) in [5, 5.41) is 12.0. The molecule has 0 aromatic carbocycles. The number of aliphatic hydroxyl groups is 1. The minimum Gasteiger partial charge on any atom is -0.480 e. The third-order valence-corrected chi connectivity index (χ3v) is 2.29. The van der Waals surface area contributed by atoms with Gasteiger partial charge in [-0.15, -0.1) is 0 Å². The smallest absolute Gasteiger partial charge is 0.295 e. The molecule has 2 N–H and O–H groups in total. The molecule has 90 valence electrons. The number of carbonyl (C=O) groups is 2. The maximum atomic E-state index is 11.9. The van der Waals surface area contributed by atoms with E-state index in [1.165, 1.54) is 23.5 Å². The highest BCUT2D eigenvalue weighted by atomic mass is 16.6. The highest BCUT2D eigenvalue weighted by molar-refractivity contribution is 6.21. The summed E-state index contributed by atoms with van der Waals surface area (Å²) in [7, 11) is 0. The van der Waals surface area contributed by atoms with E-state index in [0.717, 1.165) is 0 Å². The molecule has 0 spiro atoms. The molecule has 7 nitrogen and oxygen atoms in total. The van der Waals surface area contributed by atoms with Crippen LogP contribution in [0.5, 0.6) is 0 Å². The van der Waals surface area contributed by atoms with E-state index in [-0.39, 0.29) is 6.61 Å². The Labute approximate surface area is 97.1 Å². The fourth-order valence-electron chi connectivity index (χ4n) is 1.54. The minimum absolute atomic E-state index is 0.163. The summed E-state index contributed by atoms with van der Waals surface area (Å²) in [6.45, 7) is 1.80. The van der Waals surface area contributed by atoms with Crippen LogP contribution in [0.1, 0.15) is 6.92 Å². The monoisotopic (exact) mass is 237 g/mol. The van der Waals surface area contributed by atoms with Crippen molar-refractivity contribution < 1.29 is 19.4 Å². The van der Waals surface area contributed by atoms with Crippen LogP contribution in [0.2, 0.25) is 0 Å². The zero-order valence-electron chi connectivity index (χ0n) is 9.08. The first-order valence-corrected chi connectivity index (χ1v) is 5.04. The van der Waals surface area contributed by atoms with Gasteiger partial charge >= 0.3 is 0 Å². The average molecular weight is 237 g/mol. The van der Waals surface area contributed by atoms with Crippen LogP contribution in [0.3, 0.4) is 0 Å². The molecule has 1 saturated heterocycles. The van der Waals surface area contributed by atoms with Crippen molar-refractivity contribution in [2.45, 2.75) is 13.1 Å². The van der Waals surface area contributed by atoms with Crippen molar-refractivity contribution in [1.82, 2.24) is 10.2 Å². The number of rotatable bonds is 2. The van der Waals surface area contributed by atoms with Gasteiger partial charge in [0.2, 0.25) is 0 Å². The van der Waals surface area contributed by atoms with Crippen LogP contribution in [0.15, 0.2) is 28.9 Å². The Morgan fingerprint density at radius 2 is 2.41 bits per heavy atom. The minimum atomic E-state index is -0.677. The number of aliphatic hydroxyl groups excluding tert-OH is 1. The van der Waals surface area contributed by atoms with E-state index in [1.54, 1.807) is 6.92 Å². The van der Waals surface area contributed by atoms with E-state index in [4.69, 9.17) is 4.74 Å². The molecule has 2 aliphatic heterocycles. The number of hydrogen-bond donors (Lipinski definition) is 2. The number of aliphatic imine (C=N–C) groups is 1. The van der Waals surface area contributed by atoms with E-state index in [2.05, 4.69) is 10.3 Å². The number of amides is 2. The van der Waals surface area contributed by atoms with E-state index in [9.17, 15) is 14.7 Å². The standard InChI is InChI=1S/C10H11N3O4/c1-2-17-10(16)7-8(14)12-6-5-11-3-4-13(6)9(7)15/h3-6,16H,2H2,1H3,(H,12,14)/t6-/m1/s1. The zero-order chi connectivity index (χ0) is 12.4. The molecule has 1 atom stereocenters. The van der Waals surface area contributed by atoms with Crippen molar-refractivity contribution in [1.29, 1.82) is 0 Å². The van der Waals surface area contributed by atoms with Gasteiger partial charge in [-0.05, 0) is 6.92 Å². The highest BCUT2D eigenvalue weighted by Crippen LogP contribution is 2.17. The molecular weight excluding hydrogens is 226 g/mol. The summed E-state index contributed by atoms with van der Waals surface area (Å²) in [6.07, 6.45) is 3.65. The largest absolute Gasteiger partial charge is 0.480 e. The fraction of sp³-hybridized carbons (Fsp3) is 0.300. The van der Waals surface area contributed by atoms with Crippen molar-refractivity contribution in [2.75, 3.05) is 6.61 Å². The van der Waals surface area contributed by atoms with E-state index in [0.29, 0.717) is 0 Å². The molecule has 2 heterocycles. The predicted molar refractivity (Wildman–Crippen MR) is 57.7 cm³/mol.